The van der Waals surface area contributed by atoms with Gasteiger partial charge < -0.3 is 9.67 Å². The predicted octanol–water partition coefficient (Wildman–Crippen LogP) is 2.74. The molecule has 0 radical (unpaired) electrons. The molecule has 3 rings (SSSR count). The van der Waals surface area contributed by atoms with Crippen LogP contribution < -0.4 is 5.43 Å². The highest BCUT2D eigenvalue weighted by Gasteiger charge is 2.13. The van der Waals surface area contributed by atoms with Crippen molar-refractivity contribution in [1.29, 1.82) is 0 Å². The number of amides is 1. The topological polar surface area (TPSA) is 123 Å². The minimum Gasteiger partial charge on any atom is -0.502 e. The highest BCUT2D eigenvalue weighted by Crippen LogP contribution is 2.25. The normalized spacial score (nSPS) is 11.2. The van der Waals surface area contributed by atoms with Crippen molar-refractivity contribution in [3.05, 3.63) is 63.5 Å². The fraction of sp³-hybridized carbons (Fsp3) is 0.167. The van der Waals surface area contributed by atoms with E-state index in [1.807, 2.05) is 24.5 Å². The summed E-state index contributed by atoms with van der Waals surface area (Å²) in [6, 6.07) is 9.01. The molecule has 1 amide bonds. The number of nitrogens with one attached hydrogen (secondary N) is 1. The Morgan fingerprint density at radius 2 is 2.15 bits per heavy atom. The Morgan fingerprint density at radius 1 is 1.37 bits per heavy atom. The molecule has 3 aromatic rings. The van der Waals surface area contributed by atoms with E-state index in [1.54, 1.807) is 12.1 Å². The van der Waals surface area contributed by atoms with E-state index in [1.165, 1.54) is 18.3 Å². The first-order valence-electron chi connectivity index (χ1n) is 8.18. The zero-order valence-corrected chi connectivity index (χ0v) is 14.7. The third-order valence-electron chi connectivity index (χ3n) is 4.09. The average molecular weight is 367 g/mol. The quantitative estimate of drug-likeness (QED) is 0.408. The molecule has 0 aliphatic heterocycles. The maximum absolute atomic E-state index is 12.3. The molecular weight excluding hydrogens is 350 g/mol. The fourth-order valence-corrected chi connectivity index (χ4v) is 2.79. The molecule has 0 bridgehead atoms. The summed E-state index contributed by atoms with van der Waals surface area (Å²) in [5.74, 6) is 0.0124. The number of imidazole rings is 1. The lowest BCUT2D eigenvalue weighted by atomic mass is 10.2. The molecule has 9 heteroatoms. The van der Waals surface area contributed by atoms with Gasteiger partial charge in [0, 0.05) is 23.7 Å². The van der Waals surface area contributed by atoms with Gasteiger partial charge in [0.15, 0.2) is 5.75 Å². The minimum absolute atomic E-state index is 0.368. The number of phenolic OH excluding ortho intramolecular Hbond substituents is 1. The van der Waals surface area contributed by atoms with Crippen LogP contribution in [-0.2, 0) is 6.54 Å². The summed E-state index contributed by atoms with van der Waals surface area (Å²) in [4.78, 5) is 26.8. The Labute approximate surface area is 154 Å². The van der Waals surface area contributed by atoms with Gasteiger partial charge in [-0.05, 0) is 44.2 Å². The highest BCUT2D eigenvalue weighted by molar-refractivity contribution is 5.98. The van der Waals surface area contributed by atoms with Crippen LogP contribution in [0.4, 0.5) is 5.69 Å². The number of hydrazone groups is 1. The lowest BCUT2D eigenvalue weighted by molar-refractivity contribution is -0.385. The van der Waals surface area contributed by atoms with Crippen molar-refractivity contribution in [3.8, 4) is 5.75 Å². The number of fused-ring (bicyclic) bond motifs is 1. The summed E-state index contributed by atoms with van der Waals surface area (Å²) >= 11 is 0. The van der Waals surface area contributed by atoms with Gasteiger partial charge >= 0.3 is 5.69 Å². The molecule has 0 fully saturated rings. The summed E-state index contributed by atoms with van der Waals surface area (Å²) in [7, 11) is 0. The molecule has 0 saturated heterocycles. The van der Waals surface area contributed by atoms with Crippen LogP contribution in [-0.4, -0.2) is 31.7 Å². The number of carbonyl (C=O) groups excluding carboxylic acids is 1. The van der Waals surface area contributed by atoms with Gasteiger partial charge in [0.25, 0.3) is 5.91 Å². The van der Waals surface area contributed by atoms with Gasteiger partial charge in [-0.25, -0.2) is 10.4 Å². The second-order valence-corrected chi connectivity index (χ2v) is 5.81. The van der Waals surface area contributed by atoms with Crippen molar-refractivity contribution in [2.75, 3.05) is 0 Å². The molecule has 0 spiro atoms. The van der Waals surface area contributed by atoms with Crippen LogP contribution >= 0.6 is 0 Å². The predicted molar refractivity (Wildman–Crippen MR) is 100.0 cm³/mol. The largest absolute Gasteiger partial charge is 0.502 e. The van der Waals surface area contributed by atoms with Crippen LogP contribution in [0, 0.1) is 17.0 Å². The molecule has 1 aromatic heterocycles. The Balaban J connectivity index is 1.76. The maximum atomic E-state index is 12.3. The Bertz CT molecular complexity index is 1070. The standard InChI is InChI=1S/C18H17N5O4/c1-3-22-11(2)20-14-9-13(5-6-15(14)22)18(25)21-19-10-12-4-7-17(24)16(8-12)23(26)27/h4-10,24H,3H2,1-2H3,(H,21,25)/b19-10-. The number of nitro groups is 1. The minimum atomic E-state index is -0.697. The number of hydrogen-bond donors (Lipinski definition) is 2. The summed E-state index contributed by atoms with van der Waals surface area (Å²) in [5.41, 5.74) is 4.38. The van der Waals surface area contributed by atoms with Crippen LogP contribution in [0.15, 0.2) is 41.5 Å². The number of aromatic nitrogens is 2. The SMILES string of the molecule is CCn1c(C)nc2cc(C(=O)N/N=C\c3ccc(O)c([N+](=O)[O-])c3)ccc21. The van der Waals surface area contributed by atoms with Crippen LogP contribution in [0.2, 0.25) is 0 Å². The number of aromatic hydroxyl groups is 1. The van der Waals surface area contributed by atoms with E-state index in [2.05, 4.69) is 15.5 Å². The summed E-state index contributed by atoms with van der Waals surface area (Å²) in [5, 5.41) is 24.1. The van der Waals surface area contributed by atoms with Gasteiger partial charge in [0.05, 0.1) is 22.2 Å². The molecule has 0 unspecified atom stereocenters. The Hall–Kier alpha value is -3.75. The van der Waals surface area contributed by atoms with Crippen LogP contribution in [0.5, 0.6) is 5.75 Å². The van der Waals surface area contributed by atoms with Crippen molar-refractivity contribution in [2.24, 2.45) is 5.10 Å². The number of carbonyl (C=O) groups is 1. The number of phenols is 1. The lowest BCUT2D eigenvalue weighted by Crippen LogP contribution is -2.17. The van der Waals surface area contributed by atoms with Crippen molar-refractivity contribution in [3.63, 3.8) is 0 Å². The van der Waals surface area contributed by atoms with Crippen molar-refractivity contribution in [1.82, 2.24) is 15.0 Å². The molecule has 2 aromatic carbocycles. The smallest absolute Gasteiger partial charge is 0.311 e. The van der Waals surface area contributed by atoms with Crippen molar-refractivity contribution < 1.29 is 14.8 Å². The first-order valence-corrected chi connectivity index (χ1v) is 8.18. The molecule has 0 saturated carbocycles. The van der Waals surface area contributed by atoms with Gasteiger partial charge in [-0.15, -0.1) is 0 Å². The number of nitro benzene ring substituents is 1. The number of rotatable bonds is 5. The number of benzene rings is 2. The molecule has 9 nitrogen and oxygen atoms in total. The van der Waals surface area contributed by atoms with E-state index in [9.17, 15) is 20.0 Å². The molecule has 0 aliphatic carbocycles. The van der Waals surface area contributed by atoms with Crippen molar-refractivity contribution >= 4 is 28.8 Å². The molecule has 2 N–H and O–H groups in total. The molecule has 138 valence electrons. The molecule has 0 atom stereocenters. The maximum Gasteiger partial charge on any atom is 0.311 e. The number of aryl methyl sites for hydroxylation is 2. The monoisotopic (exact) mass is 367 g/mol. The first kappa shape index (κ1) is 18.1. The Morgan fingerprint density at radius 3 is 2.85 bits per heavy atom. The number of nitrogens with zero attached hydrogens (tertiary/aromatic N) is 4. The molecule has 0 aliphatic rings. The molecule has 1 heterocycles. The van der Waals surface area contributed by atoms with Gasteiger partial charge in [-0.1, -0.05) is 0 Å². The van der Waals surface area contributed by atoms with Crippen LogP contribution in [0.25, 0.3) is 11.0 Å². The average Bonchev–Trinajstić information content (AvgIpc) is 2.96. The Kier molecular flexibility index (Phi) is 4.84. The van der Waals surface area contributed by atoms with E-state index >= 15 is 0 Å². The highest BCUT2D eigenvalue weighted by atomic mass is 16.6. The van der Waals surface area contributed by atoms with E-state index in [-0.39, 0.29) is 0 Å². The van der Waals surface area contributed by atoms with Crippen LogP contribution in [0.1, 0.15) is 28.7 Å². The first-order chi connectivity index (χ1) is 12.9. The summed E-state index contributed by atoms with van der Waals surface area (Å²) < 4.78 is 2.05. The van der Waals surface area contributed by atoms with E-state index < -0.39 is 22.3 Å². The zero-order valence-electron chi connectivity index (χ0n) is 14.7. The fourth-order valence-electron chi connectivity index (χ4n) is 2.79. The molecule has 27 heavy (non-hydrogen) atoms. The summed E-state index contributed by atoms with van der Waals surface area (Å²) in [6.45, 7) is 4.72. The molecular formula is C18H17N5O4. The van der Waals surface area contributed by atoms with Gasteiger partial charge in [0.1, 0.15) is 5.82 Å². The van der Waals surface area contributed by atoms with Gasteiger partial charge in [-0.3, -0.25) is 14.9 Å². The van der Waals surface area contributed by atoms with Gasteiger partial charge in [0.2, 0.25) is 0 Å². The van der Waals surface area contributed by atoms with Gasteiger partial charge in [-0.2, -0.15) is 5.10 Å². The third-order valence-corrected chi connectivity index (χ3v) is 4.09. The third kappa shape index (κ3) is 3.61. The second-order valence-electron chi connectivity index (χ2n) is 5.81. The second kappa shape index (κ2) is 7.24. The zero-order chi connectivity index (χ0) is 19.6. The van der Waals surface area contributed by atoms with Crippen molar-refractivity contribution in [2.45, 2.75) is 20.4 Å². The summed E-state index contributed by atoms with van der Waals surface area (Å²) in [6.07, 6.45) is 1.26. The lowest BCUT2D eigenvalue weighted by Gasteiger charge is -2.03. The van der Waals surface area contributed by atoms with E-state index in [4.69, 9.17) is 0 Å². The van der Waals surface area contributed by atoms with Crippen LogP contribution in [0.3, 0.4) is 0 Å². The number of hydrogen-bond acceptors (Lipinski definition) is 6. The van der Waals surface area contributed by atoms with E-state index in [0.717, 1.165) is 29.5 Å². The van der Waals surface area contributed by atoms with E-state index in [0.29, 0.717) is 11.1 Å².